The Hall–Kier alpha value is -0.490. The van der Waals surface area contributed by atoms with Crippen molar-refractivity contribution in [3.05, 3.63) is 0 Å². The fourth-order valence-electron chi connectivity index (χ4n) is 1.43. The van der Waals surface area contributed by atoms with Gasteiger partial charge in [0, 0.05) is 6.42 Å². The van der Waals surface area contributed by atoms with Crippen LogP contribution >= 0.6 is 0 Å². The standard InChI is InChI=1S/C8H14O5/c1-4(10)2-5-7(11)8(12)6(3-9)13-5/h5-9,11-12H,2-3H2,1H3. The van der Waals surface area contributed by atoms with Crippen molar-refractivity contribution in [1.82, 2.24) is 0 Å². The molecular weight excluding hydrogens is 176 g/mol. The van der Waals surface area contributed by atoms with Gasteiger partial charge in [-0.25, -0.2) is 0 Å². The molecule has 4 atom stereocenters. The van der Waals surface area contributed by atoms with E-state index in [2.05, 4.69) is 0 Å². The number of ether oxygens (including phenoxy) is 1. The van der Waals surface area contributed by atoms with Crippen molar-refractivity contribution in [1.29, 1.82) is 0 Å². The molecule has 0 aromatic carbocycles. The summed E-state index contributed by atoms with van der Waals surface area (Å²) in [5.41, 5.74) is 0. The molecule has 0 amide bonds. The van der Waals surface area contributed by atoms with Crippen LogP contribution in [0.25, 0.3) is 0 Å². The smallest absolute Gasteiger partial charge is 0.132 e. The lowest BCUT2D eigenvalue weighted by Gasteiger charge is -2.11. The first-order valence-corrected chi connectivity index (χ1v) is 4.18. The van der Waals surface area contributed by atoms with Gasteiger partial charge in [0.2, 0.25) is 0 Å². The van der Waals surface area contributed by atoms with E-state index < -0.39 is 24.4 Å². The predicted octanol–water partition coefficient (Wildman–Crippen LogP) is -1.55. The number of hydrogen-bond acceptors (Lipinski definition) is 5. The molecule has 5 nitrogen and oxygen atoms in total. The highest BCUT2D eigenvalue weighted by Crippen LogP contribution is 2.23. The molecule has 1 rings (SSSR count). The van der Waals surface area contributed by atoms with Gasteiger partial charge in [0.05, 0.1) is 12.7 Å². The zero-order valence-electron chi connectivity index (χ0n) is 7.38. The average Bonchev–Trinajstić information content (AvgIpc) is 2.32. The highest BCUT2D eigenvalue weighted by Gasteiger charge is 2.42. The van der Waals surface area contributed by atoms with E-state index in [0.717, 1.165) is 0 Å². The molecule has 1 saturated heterocycles. The number of hydrogen-bond donors (Lipinski definition) is 3. The zero-order valence-corrected chi connectivity index (χ0v) is 7.38. The summed E-state index contributed by atoms with van der Waals surface area (Å²) < 4.78 is 5.08. The van der Waals surface area contributed by atoms with Crippen molar-refractivity contribution in [2.45, 2.75) is 37.8 Å². The topological polar surface area (TPSA) is 87.0 Å². The lowest BCUT2D eigenvalue weighted by molar-refractivity contribution is -0.121. The van der Waals surface area contributed by atoms with Crippen LogP contribution in [0.15, 0.2) is 0 Å². The molecule has 1 heterocycles. The second-order valence-electron chi connectivity index (χ2n) is 3.28. The molecule has 5 heteroatoms. The molecule has 0 spiro atoms. The molecule has 13 heavy (non-hydrogen) atoms. The summed E-state index contributed by atoms with van der Waals surface area (Å²) in [6.45, 7) is 1.03. The highest BCUT2D eigenvalue weighted by atomic mass is 16.6. The quantitative estimate of drug-likeness (QED) is 0.501. The Morgan fingerprint density at radius 2 is 1.85 bits per heavy atom. The SMILES string of the molecule is CC(=O)CC1OC(CO)C(O)C1O. The predicted molar refractivity (Wildman–Crippen MR) is 43.1 cm³/mol. The molecule has 1 fully saturated rings. The summed E-state index contributed by atoms with van der Waals surface area (Å²) in [6.07, 6.45) is -3.59. The van der Waals surface area contributed by atoms with E-state index in [1.54, 1.807) is 0 Å². The van der Waals surface area contributed by atoms with Crippen LogP contribution < -0.4 is 0 Å². The van der Waals surface area contributed by atoms with E-state index in [0.29, 0.717) is 0 Å². The van der Waals surface area contributed by atoms with E-state index in [4.69, 9.17) is 9.84 Å². The molecule has 4 unspecified atom stereocenters. The van der Waals surface area contributed by atoms with Crippen LogP contribution in [0.5, 0.6) is 0 Å². The van der Waals surface area contributed by atoms with Crippen molar-refractivity contribution < 1.29 is 24.9 Å². The number of rotatable bonds is 3. The van der Waals surface area contributed by atoms with Gasteiger partial charge in [0.15, 0.2) is 0 Å². The molecule has 0 saturated carbocycles. The molecular formula is C8H14O5. The Kier molecular flexibility index (Phi) is 3.38. The average molecular weight is 190 g/mol. The lowest BCUT2D eigenvalue weighted by atomic mass is 10.0. The summed E-state index contributed by atoms with van der Waals surface area (Å²) in [7, 11) is 0. The monoisotopic (exact) mass is 190 g/mol. The third-order valence-electron chi connectivity index (χ3n) is 2.13. The van der Waals surface area contributed by atoms with Gasteiger partial charge in [-0.2, -0.15) is 0 Å². The Morgan fingerprint density at radius 1 is 1.31 bits per heavy atom. The molecule has 76 valence electrons. The van der Waals surface area contributed by atoms with Crippen molar-refractivity contribution >= 4 is 5.78 Å². The Labute approximate surface area is 75.9 Å². The van der Waals surface area contributed by atoms with E-state index in [9.17, 15) is 15.0 Å². The van der Waals surface area contributed by atoms with E-state index >= 15 is 0 Å². The maximum Gasteiger partial charge on any atom is 0.132 e. The fraction of sp³-hybridized carbons (Fsp3) is 0.875. The number of carbonyl (C=O) groups is 1. The lowest BCUT2D eigenvalue weighted by Crippen LogP contribution is -2.34. The number of aliphatic hydroxyl groups is 3. The maximum atomic E-state index is 10.7. The van der Waals surface area contributed by atoms with Crippen molar-refractivity contribution in [3.8, 4) is 0 Å². The highest BCUT2D eigenvalue weighted by molar-refractivity contribution is 5.76. The Morgan fingerprint density at radius 3 is 2.23 bits per heavy atom. The van der Waals surface area contributed by atoms with Crippen LogP contribution in [-0.2, 0) is 9.53 Å². The molecule has 0 aromatic rings. The van der Waals surface area contributed by atoms with E-state index in [-0.39, 0.29) is 18.8 Å². The summed E-state index contributed by atoms with van der Waals surface area (Å²) in [5, 5.41) is 27.4. The normalized spacial score (nSPS) is 39.4. The first-order chi connectivity index (χ1) is 6.06. The van der Waals surface area contributed by atoms with Gasteiger partial charge in [0.1, 0.15) is 24.1 Å². The third-order valence-corrected chi connectivity index (χ3v) is 2.13. The first kappa shape index (κ1) is 10.6. The number of Topliss-reactive ketones (excluding diaryl/α,β-unsaturated/α-hetero) is 1. The summed E-state index contributed by atoms with van der Waals surface area (Å²) in [5.74, 6) is -0.116. The van der Waals surface area contributed by atoms with Crippen LogP contribution in [0.2, 0.25) is 0 Å². The zero-order chi connectivity index (χ0) is 10.0. The summed E-state index contributed by atoms with van der Waals surface area (Å²) in [6, 6.07) is 0. The second kappa shape index (κ2) is 4.15. The first-order valence-electron chi connectivity index (χ1n) is 4.18. The van der Waals surface area contributed by atoms with Gasteiger partial charge in [-0.05, 0) is 6.92 Å². The molecule has 0 aromatic heterocycles. The minimum absolute atomic E-state index is 0.0642. The van der Waals surface area contributed by atoms with Gasteiger partial charge in [-0.3, -0.25) is 4.79 Å². The third kappa shape index (κ3) is 2.25. The van der Waals surface area contributed by atoms with Crippen LogP contribution in [-0.4, -0.2) is 52.1 Å². The Balaban J connectivity index is 2.55. The fourth-order valence-corrected chi connectivity index (χ4v) is 1.43. The molecule has 1 aliphatic rings. The molecule has 3 N–H and O–H groups in total. The van der Waals surface area contributed by atoms with E-state index in [1.807, 2.05) is 0 Å². The van der Waals surface area contributed by atoms with Gasteiger partial charge >= 0.3 is 0 Å². The van der Waals surface area contributed by atoms with Crippen LogP contribution in [0.4, 0.5) is 0 Å². The minimum Gasteiger partial charge on any atom is -0.394 e. The Bertz CT molecular complexity index is 193. The van der Waals surface area contributed by atoms with Crippen LogP contribution in [0, 0.1) is 0 Å². The van der Waals surface area contributed by atoms with Crippen molar-refractivity contribution in [3.63, 3.8) is 0 Å². The second-order valence-corrected chi connectivity index (χ2v) is 3.28. The maximum absolute atomic E-state index is 10.7. The molecule has 0 aliphatic carbocycles. The number of carbonyl (C=O) groups excluding carboxylic acids is 1. The molecule has 0 bridgehead atoms. The molecule has 1 aliphatic heterocycles. The van der Waals surface area contributed by atoms with Crippen molar-refractivity contribution in [2.75, 3.05) is 6.61 Å². The minimum atomic E-state index is -1.10. The molecule has 0 radical (unpaired) electrons. The van der Waals surface area contributed by atoms with Crippen LogP contribution in [0.1, 0.15) is 13.3 Å². The number of ketones is 1. The van der Waals surface area contributed by atoms with Gasteiger partial charge in [-0.15, -0.1) is 0 Å². The van der Waals surface area contributed by atoms with Gasteiger partial charge in [-0.1, -0.05) is 0 Å². The van der Waals surface area contributed by atoms with Crippen LogP contribution in [0.3, 0.4) is 0 Å². The summed E-state index contributed by atoms with van der Waals surface area (Å²) in [4.78, 5) is 10.7. The number of aliphatic hydroxyl groups excluding tert-OH is 3. The van der Waals surface area contributed by atoms with Gasteiger partial charge < -0.3 is 20.1 Å². The van der Waals surface area contributed by atoms with E-state index in [1.165, 1.54) is 6.92 Å². The largest absolute Gasteiger partial charge is 0.394 e. The van der Waals surface area contributed by atoms with Gasteiger partial charge in [0.25, 0.3) is 0 Å². The summed E-state index contributed by atoms with van der Waals surface area (Å²) >= 11 is 0. The van der Waals surface area contributed by atoms with Crippen molar-refractivity contribution in [2.24, 2.45) is 0 Å².